The summed E-state index contributed by atoms with van der Waals surface area (Å²) in [7, 11) is 1.62. The number of piperidine rings is 1. The van der Waals surface area contributed by atoms with E-state index in [0.717, 1.165) is 42.8 Å². The Morgan fingerprint density at radius 3 is 2.52 bits per heavy atom. The molecular formula is C26H31N3O4. The lowest BCUT2D eigenvalue weighted by Gasteiger charge is -2.34. The van der Waals surface area contributed by atoms with Crippen molar-refractivity contribution in [3.05, 3.63) is 65.4 Å². The van der Waals surface area contributed by atoms with Crippen LogP contribution < -0.4 is 10.1 Å². The quantitative estimate of drug-likeness (QED) is 0.570. The highest BCUT2D eigenvalue weighted by Crippen LogP contribution is 2.26. The van der Waals surface area contributed by atoms with Gasteiger partial charge in [0, 0.05) is 42.6 Å². The van der Waals surface area contributed by atoms with Crippen LogP contribution in [0.1, 0.15) is 53.1 Å². The summed E-state index contributed by atoms with van der Waals surface area (Å²) < 4.78 is 7.24. The molecule has 2 heterocycles. The molecule has 0 spiro atoms. The van der Waals surface area contributed by atoms with Crippen molar-refractivity contribution in [1.82, 2.24) is 14.8 Å². The van der Waals surface area contributed by atoms with Crippen LogP contribution in [0, 0.1) is 0 Å². The molecule has 0 bridgehead atoms. The Morgan fingerprint density at radius 2 is 1.85 bits per heavy atom. The third-order valence-electron chi connectivity index (χ3n) is 6.48. The number of rotatable bonds is 7. The van der Waals surface area contributed by atoms with Gasteiger partial charge in [-0.05, 0) is 62.6 Å². The number of nitrogens with zero attached hydrogens (tertiary/aromatic N) is 2. The smallest absolute Gasteiger partial charge is 0.336 e. The van der Waals surface area contributed by atoms with Gasteiger partial charge >= 0.3 is 5.97 Å². The maximum atomic E-state index is 13.4. The molecule has 1 aromatic heterocycles. The Morgan fingerprint density at radius 1 is 1.12 bits per heavy atom. The summed E-state index contributed by atoms with van der Waals surface area (Å²) in [4.78, 5) is 27.6. The van der Waals surface area contributed by atoms with Crippen LogP contribution in [0.3, 0.4) is 0 Å². The minimum atomic E-state index is -1.01. The van der Waals surface area contributed by atoms with Crippen LogP contribution in [0.2, 0.25) is 0 Å². The van der Waals surface area contributed by atoms with Gasteiger partial charge in [-0.1, -0.05) is 18.2 Å². The number of ether oxygens (including phenoxy) is 1. The van der Waals surface area contributed by atoms with Crippen LogP contribution in [-0.4, -0.2) is 58.7 Å². The number of carbonyl (C=O) groups excluding carboxylic acids is 1. The zero-order chi connectivity index (χ0) is 23.5. The second-order valence-corrected chi connectivity index (χ2v) is 8.89. The van der Waals surface area contributed by atoms with Gasteiger partial charge in [-0.25, -0.2) is 4.79 Å². The summed E-state index contributed by atoms with van der Waals surface area (Å²) in [6.07, 6.45) is 1.81. The molecule has 1 aliphatic heterocycles. The van der Waals surface area contributed by atoms with E-state index in [-0.39, 0.29) is 17.5 Å². The van der Waals surface area contributed by atoms with E-state index in [9.17, 15) is 14.7 Å². The number of methoxy groups -OCH3 is 1. The number of amides is 1. The number of hydrogen-bond donors (Lipinski definition) is 2. The number of benzene rings is 2. The van der Waals surface area contributed by atoms with Crippen LogP contribution in [0.4, 0.5) is 0 Å². The molecule has 1 amide bonds. The number of nitrogens with one attached hydrogen (secondary N) is 1. The zero-order valence-electron chi connectivity index (χ0n) is 19.4. The van der Waals surface area contributed by atoms with Crippen molar-refractivity contribution in [1.29, 1.82) is 0 Å². The molecule has 2 aromatic carbocycles. The molecule has 0 radical (unpaired) electrons. The van der Waals surface area contributed by atoms with Crippen molar-refractivity contribution in [2.75, 3.05) is 20.2 Å². The Bertz CT molecular complexity index is 1160. The molecule has 2 N–H and O–H groups in total. The van der Waals surface area contributed by atoms with E-state index in [0.29, 0.717) is 23.7 Å². The van der Waals surface area contributed by atoms with E-state index in [4.69, 9.17) is 4.74 Å². The molecule has 3 aromatic rings. The summed E-state index contributed by atoms with van der Waals surface area (Å²) in [5.41, 5.74) is 2.34. The number of carboxylic acid groups (broad SMARTS) is 1. The number of aromatic carboxylic acids is 1. The highest BCUT2D eigenvalue weighted by molar-refractivity contribution is 6.07. The van der Waals surface area contributed by atoms with E-state index < -0.39 is 5.97 Å². The van der Waals surface area contributed by atoms with E-state index >= 15 is 0 Å². The molecule has 1 aliphatic rings. The lowest BCUT2D eigenvalue weighted by molar-refractivity contribution is 0.0698. The Hall–Kier alpha value is -3.32. The zero-order valence-corrected chi connectivity index (χ0v) is 19.4. The molecule has 1 saturated heterocycles. The van der Waals surface area contributed by atoms with Gasteiger partial charge in [0.05, 0.1) is 12.7 Å². The van der Waals surface area contributed by atoms with Gasteiger partial charge in [-0.2, -0.15) is 0 Å². The molecule has 0 atom stereocenters. The Labute approximate surface area is 194 Å². The van der Waals surface area contributed by atoms with Crippen molar-refractivity contribution in [2.45, 2.75) is 45.3 Å². The summed E-state index contributed by atoms with van der Waals surface area (Å²) in [6.45, 7) is 6.72. The minimum Gasteiger partial charge on any atom is -0.497 e. The van der Waals surface area contributed by atoms with Gasteiger partial charge < -0.3 is 24.6 Å². The van der Waals surface area contributed by atoms with Crippen molar-refractivity contribution in [2.24, 2.45) is 0 Å². The molecule has 7 heteroatoms. The van der Waals surface area contributed by atoms with Gasteiger partial charge in [0.2, 0.25) is 0 Å². The van der Waals surface area contributed by atoms with Crippen LogP contribution in [-0.2, 0) is 6.54 Å². The first-order valence-corrected chi connectivity index (χ1v) is 11.4. The monoisotopic (exact) mass is 449 g/mol. The Kier molecular flexibility index (Phi) is 6.70. The van der Waals surface area contributed by atoms with Crippen LogP contribution in [0.15, 0.2) is 48.5 Å². The van der Waals surface area contributed by atoms with E-state index in [2.05, 4.69) is 24.1 Å². The first-order chi connectivity index (χ1) is 15.9. The predicted octanol–water partition coefficient (Wildman–Crippen LogP) is 4.00. The second kappa shape index (κ2) is 9.67. The molecule has 0 unspecified atom stereocenters. The van der Waals surface area contributed by atoms with Gasteiger partial charge in [-0.15, -0.1) is 0 Å². The number of hydrogen-bond acceptors (Lipinski definition) is 4. The van der Waals surface area contributed by atoms with Crippen LogP contribution in [0.5, 0.6) is 5.75 Å². The summed E-state index contributed by atoms with van der Waals surface area (Å²) in [5, 5.41) is 13.4. The topological polar surface area (TPSA) is 83.8 Å². The van der Waals surface area contributed by atoms with Crippen LogP contribution >= 0.6 is 0 Å². The third-order valence-corrected chi connectivity index (χ3v) is 6.48. The fraction of sp³-hybridized carbons (Fsp3) is 0.385. The average Bonchev–Trinajstić information content (AvgIpc) is 3.18. The van der Waals surface area contributed by atoms with E-state index in [1.165, 1.54) is 0 Å². The molecule has 7 nitrogen and oxygen atoms in total. The van der Waals surface area contributed by atoms with Gasteiger partial charge in [0.25, 0.3) is 5.91 Å². The molecule has 4 rings (SSSR count). The molecule has 174 valence electrons. The SMILES string of the molecule is COc1cccc(Cn2c(C(=O)NC3CCN(C(C)C)CC3)cc3c(C(=O)O)cccc32)c1. The van der Waals surface area contributed by atoms with Crippen molar-refractivity contribution in [3.63, 3.8) is 0 Å². The third kappa shape index (κ3) is 4.88. The molecule has 0 aliphatic carbocycles. The average molecular weight is 450 g/mol. The standard InChI is InChI=1S/C26H31N3O4/c1-17(2)28-12-10-19(11-13-28)27-25(30)24-15-22-21(26(31)32)8-5-9-23(22)29(24)16-18-6-4-7-20(14-18)33-3/h4-9,14-15,17,19H,10-13,16H2,1-3H3,(H,27,30)(H,31,32). The number of carboxylic acids is 1. The van der Waals surface area contributed by atoms with E-state index in [1.807, 2.05) is 34.9 Å². The molecule has 33 heavy (non-hydrogen) atoms. The molecule has 1 fully saturated rings. The maximum Gasteiger partial charge on any atom is 0.336 e. The normalized spacial score (nSPS) is 15.2. The summed E-state index contributed by atoms with van der Waals surface area (Å²) >= 11 is 0. The fourth-order valence-corrected chi connectivity index (χ4v) is 4.60. The number of carbonyl (C=O) groups is 2. The highest BCUT2D eigenvalue weighted by Gasteiger charge is 2.25. The number of likely N-dealkylation sites (tertiary alicyclic amines) is 1. The lowest BCUT2D eigenvalue weighted by Crippen LogP contribution is -2.46. The summed E-state index contributed by atoms with van der Waals surface area (Å²) in [6, 6.07) is 15.1. The number of fused-ring (bicyclic) bond motifs is 1. The summed E-state index contributed by atoms with van der Waals surface area (Å²) in [5.74, 6) is -0.446. The fourth-order valence-electron chi connectivity index (χ4n) is 4.60. The maximum absolute atomic E-state index is 13.4. The van der Waals surface area contributed by atoms with Crippen molar-refractivity contribution in [3.8, 4) is 5.75 Å². The largest absolute Gasteiger partial charge is 0.497 e. The minimum absolute atomic E-state index is 0.106. The molecule has 0 saturated carbocycles. The first-order valence-electron chi connectivity index (χ1n) is 11.4. The lowest BCUT2D eigenvalue weighted by atomic mass is 10.0. The molecular weight excluding hydrogens is 418 g/mol. The van der Waals surface area contributed by atoms with Crippen molar-refractivity contribution >= 4 is 22.8 Å². The first kappa shape index (κ1) is 22.9. The van der Waals surface area contributed by atoms with E-state index in [1.54, 1.807) is 25.3 Å². The second-order valence-electron chi connectivity index (χ2n) is 8.89. The van der Waals surface area contributed by atoms with Gasteiger partial charge in [0.1, 0.15) is 11.4 Å². The Balaban J connectivity index is 1.67. The highest BCUT2D eigenvalue weighted by atomic mass is 16.5. The number of aromatic nitrogens is 1. The van der Waals surface area contributed by atoms with Gasteiger partial charge in [-0.3, -0.25) is 4.79 Å². The predicted molar refractivity (Wildman–Crippen MR) is 128 cm³/mol. The van der Waals surface area contributed by atoms with Crippen LogP contribution in [0.25, 0.3) is 10.9 Å². The van der Waals surface area contributed by atoms with Gasteiger partial charge in [0.15, 0.2) is 0 Å². The van der Waals surface area contributed by atoms with Crippen molar-refractivity contribution < 1.29 is 19.4 Å².